The molecule has 0 aliphatic carbocycles. The van der Waals surface area contributed by atoms with Crippen LogP contribution in [0.5, 0.6) is 0 Å². The van der Waals surface area contributed by atoms with Crippen molar-refractivity contribution in [3.8, 4) is 0 Å². The largest absolute Gasteiger partial charge is 0.394 e. The van der Waals surface area contributed by atoms with E-state index in [4.69, 9.17) is 21.3 Å². The summed E-state index contributed by atoms with van der Waals surface area (Å²) < 4.78 is 20.1. The number of hydrogen-bond donors (Lipinski definition) is 4. The molecule has 1 aliphatic rings. The van der Waals surface area contributed by atoms with E-state index in [0.29, 0.717) is 0 Å². The highest BCUT2D eigenvalue weighted by Crippen LogP contribution is 2.30. The van der Waals surface area contributed by atoms with Crippen LogP contribution < -0.4 is 11.5 Å². The Morgan fingerprint density at radius 3 is 2.85 bits per heavy atom. The van der Waals surface area contributed by atoms with Gasteiger partial charge in [-0.05, 0) is 0 Å². The molecule has 0 bridgehead atoms. The number of nitrogens with two attached hydrogens (primary N) is 2. The highest BCUT2D eigenvalue weighted by Gasteiger charge is 2.42. The predicted octanol–water partition coefficient (Wildman–Crippen LogP) is -1.87. The van der Waals surface area contributed by atoms with Gasteiger partial charge in [0.2, 0.25) is 0 Å². The number of fused-ring (bicyclic) bond motifs is 1. The number of ether oxygens (including phenoxy) is 1. The first-order chi connectivity index (χ1) is 9.52. The van der Waals surface area contributed by atoms with Gasteiger partial charge in [0.05, 0.1) is 19.0 Å². The van der Waals surface area contributed by atoms with Crippen molar-refractivity contribution in [2.24, 2.45) is 5.73 Å². The van der Waals surface area contributed by atoms with E-state index in [1.807, 2.05) is 0 Å². The molecule has 9 nitrogen and oxygen atoms in total. The molecule has 108 valence electrons. The third-order valence-electron chi connectivity index (χ3n) is 3.29. The molecule has 1 saturated heterocycles. The Hall–Kier alpha value is -1.88. The van der Waals surface area contributed by atoms with E-state index < -0.39 is 30.6 Å². The summed E-state index contributed by atoms with van der Waals surface area (Å²) in [6.07, 6.45) is -2.38. The molecule has 1 aliphatic heterocycles. The van der Waals surface area contributed by atoms with Gasteiger partial charge in [-0.2, -0.15) is 14.4 Å². The number of halogens is 1. The molecule has 3 heterocycles. The van der Waals surface area contributed by atoms with Crippen molar-refractivity contribution in [1.82, 2.24) is 19.5 Å². The summed E-state index contributed by atoms with van der Waals surface area (Å²) in [7, 11) is 0. The third-order valence-corrected chi connectivity index (χ3v) is 3.29. The Morgan fingerprint density at radius 2 is 2.20 bits per heavy atom. The molecule has 4 atom stereocenters. The summed E-state index contributed by atoms with van der Waals surface area (Å²) in [6, 6.07) is -0.816. The molecule has 3 rings (SSSR count). The minimum atomic E-state index is -1.05. The van der Waals surface area contributed by atoms with Crippen molar-refractivity contribution in [2.75, 3.05) is 12.3 Å². The topological polar surface area (TPSA) is 145 Å². The van der Waals surface area contributed by atoms with E-state index in [9.17, 15) is 9.50 Å². The van der Waals surface area contributed by atoms with Crippen LogP contribution in [0.3, 0.4) is 0 Å². The molecule has 0 spiro atoms. The maximum Gasteiger partial charge on any atom is 0.312 e. The number of aliphatic hydroxyl groups is 2. The molecule has 1 fully saturated rings. The molecule has 0 saturated carbocycles. The van der Waals surface area contributed by atoms with Gasteiger partial charge < -0.3 is 26.4 Å². The van der Waals surface area contributed by atoms with Gasteiger partial charge in [0.1, 0.15) is 12.2 Å². The van der Waals surface area contributed by atoms with Crippen LogP contribution in [0, 0.1) is 6.08 Å². The van der Waals surface area contributed by atoms with E-state index >= 15 is 0 Å². The number of imidazole rings is 1. The number of nitrogens with zero attached hydrogens (tertiary/aromatic N) is 4. The zero-order valence-electron chi connectivity index (χ0n) is 10.2. The van der Waals surface area contributed by atoms with Gasteiger partial charge in [-0.1, -0.05) is 0 Å². The van der Waals surface area contributed by atoms with E-state index in [1.54, 1.807) is 0 Å². The van der Waals surface area contributed by atoms with Crippen molar-refractivity contribution < 1.29 is 19.3 Å². The van der Waals surface area contributed by atoms with Gasteiger partial charge in [0.15, 0.2) is 23.2 Å². The van der Waals surface area contributed by atoms with Crippen LogP contribution in [0.1, 0.15) is 6.23 Å². The summed E-state index contributed by atoms with van der Waals surface area (Å²) in [5, 5.41) is 18.9. The second-order valence-electron chi connectivity index (χ2n) is 4.52. The van der Waals surface area contributed by atoms with Gasteiger partial charge >= 0.3 is 6.08 Å². The Balaban J connectivity index is 2.07. The average molecular weight is 284 g/mol. The van der Waals surface area contributed by atoms with Crippen molar-refractivity contribution in [3.63, 3.8) is 0 Å². The van der Waals surface area contributed by atoms with Crippen LogP contribution in [0.2, 0.25) is 0 Å². The van der Waals surface area contributed by atoms with E-state index in [0.717, 1.165) is 0 Å². The summed E-state index contributed by atoms with van der Waals surface area (Å²) in [5.41, 5.74) is 11.7. The van der Waals surface area contributed by atoms with Gasteiger partial charge in [0, 0.05) is 0 Å². The Morgan fingerprint density at radius 1 is 1.45 bits per heavy atom. The molecule has 0 amide bonds. The summed E-state index contributed by atoms with van der Waals surface area (Å²) in [5.74, 6) is -0.0999. The Bertz CT molecular complexity index is 649. The highest BCUT2D eigenvalue weighted by atomic mass is 19.1. The molecular weight excluding hydrogens is 271 g/mol. The fourth-order valence-electron chi connectivity index (χ4n) is 2.27. The van der Waals surface area contributed by atoms with Crippen molar-refractivity contribution >= 4 is 17.0 Å². The van der Waals surface area contributed by atoms with E-state index in [2.05, 4.69) is 15.0 Å². The van der Waals surface area contributed by atoms with Crippen LogP contribution in [0.25, 0.3) is 11.2 Å². The van der Waals surface area contributed by atoms with Gasteiger partial charge in [0.25, 0.3) is 0 Å². The number of anilines is 1. The minimum absolute atomic E-state index is 0.0999. The lowest BCUT2D eigenvalue weighted by Gasteiger charge is -2.17. The average Bonchev–Trinajstić information content (AvgIpc) is 2.93. The first-order valence-electron chi connectivity index (χ1n) is 5.88. The normalized spacial score (nSPS) is 30.2. The standard InChI is InChI=1S/C10H13FN6O3/c11-10-15-7(13)5-8(16-10)17(2-14-5)9-4(12)6(19)3(1-18)20-9/h2-4,6,9,18-19H,1,12H2,(H2,13,15,16)/t3-,4-,6-,9-/m1/s1. The van der Waals surface area contributed by atoms with Crippen molar-refractivity contribution in [1.29, 1.82) is 0 Å². The molecule has 10 heteroatoms. The zero-order valence-corrected chi connectivity index (χ0v) is 10.2. The summed E-state index contributed by atoms with van der Waals surface area (Å²) >= 11 is 0. The fourth-order valence-corrected chi connectivity index (χ4v) is 2.27. The van der Waals surface area contributed by atoms with Crippen molar-refractivity contribution in [3.05, 3.63) is 12.4 Å². The molecule has 6 N–H and O–H groups in total. The first-order valence-corrected chi connectivity index (χ1v) is 5.88. The number of rotatable bonds is 2. The maximum absolute atomic E-state index is 13.3. The quantitative estimate of drug-likeness (QED) is 0.469. The van der Waals surface area contributed by atoms with Crippen LogP contribution >= 0.6 is 0 Å². The lowest BCUT2D eigenvalue weighted by Crippen LogP contribution is -2.39. The number of nitrogen functional groups attached to an aromatic ring is 1. The number of hydrogen-bond acceptors (Lipinski definition) is 8. The molecule has 0 aromatic carbocycles. The SMILES string of the molecule is Nc1nc(F)nc2c1ncn2[C@@H]1O[C@H](CO)[C@@H](O)[C@H]1N. The maximum atomic E-state index is 13.3. The monoisotopic (exact) mass is 284 g/mol. The second kappa shape index (κ2) is 4.59. The van der Waals surface area contributed by atoms with Crippen LogP contribution in [-0.2, 0) is 4.74 Å². The summed E-state index contributed by atoms with van der Waals surface area (Å²) in [6.45, 7) is -0.385. The first kappa shape index (κ1) is 13.1. The lowest BCUT2D eigenvalue weighted by atomic mass is 10.1. The number of aromatic nitrogens is 4. The fraction of sp³-hybridized carbons (Fsp3) is 0.500. The minimum Gasteiger partial charge on any atom is -0.394 e. The number of aliphatic hydroxyl groups excluding tert-OH is 2. The molecule has 0 unspecified atom stereocenters. The molecule has 2 aromatic rings. The molecule has 20 heavy (non-hydrogen) atoms. The van der Waals surface area contributed by atoms with Crippen molar-refractivity contribution in [2.45, 2.75) is 24.5 Å². The molecular formula is C10H13FN6O3. The van der Waals surface area contributed by atoms with Gasteiger partial charge in [-0.25, -0.2) is 4.98 Å². The molecule has 0 radical (unpaired) electrons. The van der Waals surface area contributed by atoms with Crippen LogP contribution in [0.15, 0.2) is 6.33 Å². The predicted molar refractivity (Wildman–Crippen MR) is 64.7 cm³/mol. The van der Waals surface area contributed by atoms with Crippen LogP contribution in [0.4, 0.5) is 10.2 Å². The molecule has 2 aromatic heterocycles. The third kappa shape index (κ3) is 1.81. The second-order valence-corrected chi connectivity index (χ2v) is 4.52. The zero-order chi connectivity index (χ0) is 14.4. The van der Waals surface area contributed by atoms with Gasteiger partial charge in [-0.3, -0.25) is 4.57 Å². The Labute approximate surface area is 112 Å². The summed E-state index contributed by atoms with van der Waals surface area (Å²) in [4.78, 5) is 11.0. The Kier molecular flexibility index (Phi) is 3.01. The lowest BCUT2D eigenvalue weighted by molar-refractivity contribution is -0.0437. The highest BCUT2D eigenvalue weighted by molar-refractivity contribution is 5.81. The van der Waals surface area contributed by atoms with E-state index in [-0.39, 0.29) is 23.6 Å². The van der Waals surface area contributed by atoms with E-state index in [1.165, 1.54) is 10.9 Å². The smallest absolute Gasteiger partial charge is 0.312 e. The van der Waals surface area contributed by atoms with Gasteiger partial charge in [-0.15, -0.1) is 0 Å². The van der Waals surface area contributed by atoms with Crippen LogP contribution in [-0.4, -0.2) is 54.6 Å².